The van der Waals surface area contributed by atoms with E-state index in [1.54, 1.807) is 37.3 Å². The van der Waals surface area contributed by atoms with Crippen molar-refractivity contribution in [3.05, 3.63) is 71.3 Å². The number of benzene rings is 2. The van der Waals surface area contributed by atoms with Gasteiger partial charge < -0.3 is 16.2 Å². The molecule has 6 nitrogen and oxygen atoms in total. The molecule has 0 saturated carbocycles. The van der Waals surface area contributed by atoms with E-state index in [0.717, 1.165) is 30.8 Å². The molecule has 1 heterocycles. The Balaban J connectivity index is 1.94. The lowest BCUT2D eigenvalue weighted by molar-refractivity contribution is -0.142. The Morgan fingerprint density at radius 1 is 1.28 bits per heavy atom. The zero-order valence-corrected chi connectivity index (χ0v) is 16.7. The van der Waals surface area contributed by atoms with Crippen molar-refractivity contribution < 1.29 is 9.90 Å². The second-order valence-corrected chi connectivity index (χ2v) is 7.70. The summed E-state index contributed by atoms with van der Waals surface area (Å²) in [6, 6.07) is 12.8. The summed E-state index contributed by atoms with van der Waals surface area (Å²) < 4.78 is 0. The lowest BCUT2D eigenvalue weighted by atomic mass is 9.88. The number of hydrogen-bond acceptors (Lipinski definition) is 4. The Morgan fingerprint density at radius 2 is 1.93 bits per heavy atom. The number of carboxylic acids is 1. The van der Waals surface area contributed by atoms with Gasteiger partial charge in [0.25, 0.3) is 0 Å². The minimum absolute atomic E-state index is 0.0252. The third kappa shape index (κ3) is 4.66. The van der Waals surface area contributed by atoms with Crippen molar-refractivity contribution in [2.75, 3.05) is 18.4 Å². The topological polar surface area (TPSA) is 102 Å². The fraction of sp³-hybridized carbons (Fsp3) is 0.304. The van der Waals surface area contributed by atoms with Crippen molar-refractivity contribution in [3.8, 4) is 0 Å². The van der Waals surface area contributed by atoms with Gasteiger partial charge in [-0.3, -0.25) is 10.3 Å². The number of carboxylic acid groups (broad SMARTS) is 1. The number of rotatable bonds is 8. The average molecular weight is 393 g/mol. The van der Waals surface area contributed by atoms with Crippen molar-refractivity contribution in [1.29, 1.82) is 5.41 Å². The van der Waals surface area contributed by atoms with Crippen LogP contribution in [0.5, 0.6) is 0 Å². The first-order valence-corrected chi connectivity index (χ1v) is 9.77. The predicted molar refractivity (Wildman–Crippen MR) is 117 cm³/mol. The standard InChI is InChI=1S/C23H28N4O2/c1-3-16-12-17(15-27-10-4-5-11-27)14-19(13-16)23(2,22(28)29)26-20-8-6-18(7-9-20)21(24)25/h3,6-9,12-14,26H,1,4-5,10-11,15H2,2H3,(H3,24,25)(H,28,29). The number of nitrogens with two attached hydrogens (primary N) is 1. The average Bonchev–Trinajstić information content (AvgIpc) is 3.20. The molecule has 5 N–H and O–H groups in total. The number of hydrogen-bond donors (Lipinski definition) is 4. The van der Waals surface area contributed by atoms with E-state index in [2.05, 4.69) is 22.9 Å². The molecule has 6 heteroatoms. The second kappa shape index (κ2) is 8.49. The van der Waals surface area contributed by atoms with Crippen molar-refractivity contribution in [2.24, 2.45) is 5.73 Å². The molecule has 2 aromatic rings. The largest absolute Gasteiger partial charge is 0.479 e. The second-order valence-electron chi connectivity index (χ2n) is 7.70. The SMILES string of the molecule is C=Cc1cc(CN2CCCC2)cc(C(C)(Nc2ccc(C(=N)N)cc2)C(=O)O)c1. The molecule has 29 heavy (non-hydrogen) atoms. The van der Waals surface area contributed by atoms with E-state index < -0.39 is 11.5 Å². The number of anilines is 1. The van der Waals surface area contributed by atoms with E-state index in [9.17, 15) is 9.90 Å². The van der Waals surface area contributed by atoms with Crippen LogP contribution in [0.1, 0.15) is 42.0 Å². The van der Waals surface area contributed by atoms with Crippen LogP contribution in [-0.2, 0) is 16.9 Å². The van der Waals surface area contributed by atoms with Gasteiger partial charge >= 0.3 is 5.97 Å². The summed E-state index contributed by atoms with van der Waals surface area (Å²) in [7, 11) is 0. The number of nitrogen functional groups attached to an aromatic ring is 1. The van der Waals surface area contributed by atoms with Gasteiger partial charge in [0.15, 0.2) is 5.54 Å². The summed E-state index contributed by atoms with van der Waals surface area (Å²) in [4.78, 5) is 14.7. The maximum Gasteiger partial charge on any atom is 0.333 e. The van der Waals surface area contributed by atoms with E-state index in [1.807, 2.05) is 12.1 Å². The van der Waals surface area contributed by atoms with Gasteiger partial charge in [-0.15, -0.1) is 0 Å². The van der Waals surface area contributed by atoms with E-state index >= 15 is 0 Å². The molecule has 0 aliphatic carbocycles. The molecule has 0 bridgehead atoms. The molecule has 1 saturated heterocycles. The first kappa shape index (κ1) is 20.6. The zero-order valence-electron chi connectivity index (χ0n) is 16.7. The van der Waals surface area contributed by atoms with Gasteiger partial charge in [0, 0.05) is 17.8 Å². The summed E-state index contributed by atoms with van der Waals surface area (Å²) in [6.45, 7) is 8.48. The van der Waals surface area contributed by atoms with E-state index in [-0.39, 0.29) is 5.84 Å². The van der Waals surface area contributed by atoms with Gasteiger partial charge in [0.2, 0.25) is 0 Å². The molecular formula is C23H28N4O2. The van der Waals surface area contributed by atoms with Crippen molar-refractivity contribution >= 4 is 23.6 Å². The molecule has 0 aromatic heterocycles. The normalized spacial score (nSPS) is 16.2. The van der Waals surface area contributed by atoms with Crippen LogP contribution in [0.25, 0.3) is 6.08 Å². The van der Waals surface area contributed by atoms with Gasteiger partial charge in [-0.25, -0.2) is 4.79 Å². The molecule has 1 aliphatic heterocycles. The Kier molecular flexibility index (Phi) is 6.03. The number of amidine groups is 1. The van der Waals surface area contributed by atoms with Gasteiger partial charge in [-0.1, -0.05) is 24.8 Å². The summed E-state index contributed by atoms with van der Waals surface area (Å²) in [5.41, 5.74) is 8.07. The number of nitrogens with zero attached hydrogens (tertiary/aromatic N) is 1. The fourth-order valence-electron chi connectivity index (χ4n) is 3.69. The summed E-state index contributed by atoms with van der Waals surface area (Å²) in [5.74, 6) is -0.996. The van der Waals surface area contributed by atoms with Crippen LogP contribution in [0.3, 0.4) is 0 Å². The quantitative estimate of drug-likeness (QED) is 0.406. The Morgan fingerprint density at radius 3 is 2.48 bits per heavy atom. The molecule has 3 rings (SSSR count). The summed E-state index contributed by atoms with van der Waals surface area (Å²) in [6.07, 6.45) is 4.16. The lowest BCUT2D eigenvalue weighted by Gasteiger charge is -2.29. The molecule has 0 spiro atoms. The fourth-order valence-corrected chi connectivity index (χ4v) is 3.69. The maximum atomic E-state index is 12.3. The van der Waals surface area contributed by atoms with E-state index in [4.69, 9.17) is 11.1 Å². The third-order valence-electron chi connectivity index (χ3n) is 5.45. The monoisotopic (exact) mass is 392 g/mol. The first-order valence-electron chi connectivity index (χ1n) is 9.77. The molecule has 1 aliphatic rings. The smallest absolute Gasteiger partial charge is 0.333 e. The molecule has 0 amide bonds. The molecular weight excluding hydrogens is 364 g/mol. The van der Waals surface area contributed by atoms with Crippen molar-refractivity contribution in [3.63, 3.8) is 0 Å². The highest BCUT2D eigenvalue weighted by atomic mass is 16.4. The van der Waals surface area contributed by atoms with Gasteiger partial charge in [0.05, 0.1) is 0 Å². The molecule has 1 fully saturated rings. The van der Waals surface area contributed by atoms with Crippen LogP contribution in [0.2, 0.25) is 0 Å². The Bertz CT molecular complexity index is 917. The van der Waals surface area contributed by atoms with Crippen LogP contribution >= 0.6 is 0 Å². The van der Waals surface area contributed by atoms with Crippen molar-refractivity contribution in [2.45, 2.75) is 31.8 Å². The van der Waals surface area contributed by atoms with Gasteiger partial charge in [0.1, 0.15) is 5.84 Å². The van der Waals surface area contributed by atoms with Crippen molar-refractivity contribution in [1.82, 2.24) is 4.90 Å². The molecule has 0 radical (unpaired) electrons. The Labute approximate surface area is 171 Å². The first-order chi connectivity index (χ1) is 13.8. The Hall–Kier alpha value is -3.12. The van der Waals surface area contributed by atoms with Crippen LogP contribution in [0.4, 0.5) is 5.69 Å². The van der Waals surface area contributed by atoms with Crippen LogP contribution in [-0.4, -0.2) is 34.9 Å². The van der Waals surface area contributed by atoms with Gasteiger partial charge in [-0.2, -0.15) is 0 Å². The third-order valence-corrected chi connectivity index (χ3v) is 5.45. The predicted octanol–water partition coefficient (Wildman–Crippen LogP) is 3.62. The number of aliphatic carboxylic acids is 1. The maximum absolute atomic E-state index is 12.3. The van der Waals surface area contributed by atoms with E-state index in [0.29, 0.717) is 16.8 Å². The van der Waals surface area contributed by atoms with Crippen LogP contribution < -0.4 is 11.1 Å². The van der Waals surface area contributed by atoms with E-state index in [1.165, 1.54) is 12.8 Å². The van der Waals surface area contributed by atoms with Crippen LogP contribution in [0, 0.1) is 5.41 Å². The highest BCUT2D eigenvalue weighted by Gasteiger charge is 2.36. The van der Waals surface area contributed by atoms with Gasteiger partial charge in [-0.05, 0) is 79.9 Å². The number of nitrogens with one attached hydrogen (secondary N) is 2. The minimum atomic E-state index is -1.32. The molecule has 152 valence electrons. The number of carbonyl (C=O) groups is 1. The lowest BCUT2D eigenvalue weighted by Crippen LogP contribution is -2.40. The molecule has 1 unspecified atom stereocenters. The highest BCUT2D eigenvalue weighted by Crippen LogP contribution is 2.30. The minimum Gasteiger partial charge on any atom is -0.479 e. The highest BCUT2D eigenvalue weighted by molar-refractivity contribution is 5.95. The van der Waals surface area contributed by atoms with Crippen LogP contribution in [0.15, 0.2) is 49.0 Å². The molecule has 1 atom stereocenters. The zero-order chi connectivity index (χ0) is 21.0. The number of likely N-dealkylation sites (tertiary alicyclic amines) is 1. The molecule has 2 aromatic carbocycles. The summed E-state index contributed by atoms with van der Waals surface area (Å²) >= 11 is 0. The summed E-state index contributed by atoms with van der Waals surface area (Å²) in [5, 5.41) is 20.7.